The molecule has 0 unspecified atom stereocenters. The number of piperidine rings is 1. The lowest BCUT2D eigenvalue weighted by Gasteiger charge is -2.52. The highest BCUT2D eigenvalue weighted by Crippen LogP contribution is 2.35. The van der Waals surface area contributed by atoms with Gasteiger partial charge in [-0.05, 0) is 67.1 Å². The summed E-state index contributed by atoms with van der Waals surface area (Å²) >= 11 is 1.58. The number of carboxylic acid groups (broad SMARTS) is 1. The zero-order valence-electron chi connectivity index (χ0n) is 24.3. The van der Waals surface area contributed by atoms with Crippen molar-refractivity contribution in [2.75, 3.05) is 19.6 Å². The van der Waals surface area contributed by atoms with E-state index in [4.69, 9.17) is 5.11 Å². The molecule has 2 aromatic rings. The second-order valence-corrected chi connectivity index (χ2v) is 12.4. The van der Waals surface area contributed by atoms with E-state index in [0.29, 0.717) is 32.5 Å². The van der Waals surface area contributed by atoms with Gasteiger partial charge in [-0.1, -0.05) is 63.9 Å². The van der Waals surface area contributed by atoms with E-state index >= 15 is 0 Å². The largest absolute Gasteiger partial charge is 0.478 e. The topological polar surface area (TPSA) is 110 Å². The first kappa shape index (κ1) is 31.1. The number of piperazine rings is 1. The van der Waals surface area contributed by atoms with Crippen LogP contribution in [0.1, 0.15) is 75.2 Å². The molecule has 0 radical (unpaired) electrons. The molecule has 2 atom stereocenters. The Morgan fingerprint density at radius 2 is 1.59 bits per heavy atom. The highest BCUT2D eigenvalue weighted by atomic mass is 32.2. The predicted molar refractivity (Wildman–Crippen MR) is 160 cm³/mol. The Bertz CT molecular complexity index is 1190. The monoisotopic (exact) mass is 581 g/mol. The third kappa shape index (κ3) is 6.96. The number of carbonyl (C=O) groups is 3. The molecule has 2 amide bonds. The van der Waals surface area contributed by atoms with Crippen LogP contribution in [0.3, 0.4) is 0 Å². The van der Waals surface area contributed by atoms with Gasteiger partial charge in [0.15, 0.2) is 0 Å². The lowest BCUT2D eigenvalue weighted by atomic mass is 9.79. The zero-order chi connectivity index (χ0) is 29.6. The van der Waals surface area contributed by atoms with Crippen LogP contribution < -0.4 is 5.32 Å². The van der Waals surface area contributed by atoms with Crippen molar-refractivity contribution < 1.29 is 24.6 Å². The van der Waals surface area contributed by atoms with Crippen molar-refractivity contribution in [2.24, 2.45) is 5.92 Å². The lowest BCUT2D eigenvalue weighted by molar-refractivity contribution is -0.165. The van der Waals surface area contributed by atoms with Gasteiger partial charge >= 0.3 is 5.97 Å². The number of aliphatic hydroxyl groups excluding tert-OH is 1. The van der Waals surface area contributed by atoms with E-state index in [-0.39, 0.29) is 23.3 Å². The number of rotatable bonds is 12. The molecule has 2 aromatic carbocycles. The summed E-state index contributed by atoms with van der Waals surface area (Å²) < 4.78 is 0. The minimum Gasteiger partial charge on any atom is -0.478 e. The maximum absolute atomic E-state index is 13.7. The lowest BCUT2D eigenvalue weighted by Crippen LogP contribution is -2.75. The van der Waals surface area contributed by atoms with E-state index in [2.05, 4.69) is 41.4 Å². The summed E-state index contributed by atoms with van der Waals surface area (Å²) in [5, 5.41) is 23.0. The number of unbranched alkanes of at least 4 members (excludes halogenated alkanes) is 1. The number of carbonyl (C=O) groups excluding carboxylic acids is 2. The predicted octanol–water partition coefficient (Wildman–Crippen LogP) is 4.79. The van der Waals surface area contributed by atoms with Gasteiger partial charge in [0, 0.05) is 36.0 Å². The van der Waals surface area contributed by atoms with Gasteiger partial charge in [0.25, 0.3) is 0 Å². The van der Waals surface area contributed by atoms with Crippen LogP contribution in [0.2, 0.25) is 0 Å². The number of benzene rings is 2. The molecule has 2 aliphatic heterocycles. The molecule has 222 valence electrons. The fourth-order valence-electron chi connectivity index (χ4n) is 6.06. The quantitative estimate of drug-likeness (QED) is 0.330. The number of carboxylic acids is 1. The molecule has 8 nitrogen and oxygen atoms in total. The van der Waals surface area contributed by atoms with Crippen LogP contribution in [0.15, 0.2) is 58.3 Å². The Labute approximate surface area is 247 Å². The summed E-state index contributed by atoms with van der Waals surface area (Å²) in [7, 11) is 0. The smallest absolute Gasteiger partial charge is 0.335 e. The number of amides is 2. The first-order valence-corrected chi connectivity index (χ1v) is 15.7. The van der Waals surface area contributed by atoms with E-state index in [1.54, 1.807) is 28.8 Å². The van der Waals surface area contributed by atoms with Gasteiger partial charge in [-0.2, -0.15) is 0 Å². The number of likely N-dealkylation sites (tertiary alicyclic amines) is 1. The molecular formula is C32H43N3O5S. The zero-order valence-corrected chi connectivity index (χ0v) is 25.2. The number of nitrogens with zero attached hydrogens (tertiary/aromatic N) is 2. The van der Waals surface area contributed by atoms with Gasteiger partial charge in [0.1, 0.15) is 11.6 Å². The number of hydrogen-bond acceptors (Lipinski definition) is 6. The number of hydrogen-bond donors (Lipinski definition) is 3. The summed E-state index contributed by atoms with van der Waals surface area (Å²) in [5.74, 6) is -1.23. The summed E-state index contributed by atoms with van der Waals surface area (Å²) in [6.45, 7) is 8.80. The average molecular weight is 582 g/mol. The maximum Gasteiger partial charge on any atom is 0.335 e. The summed E-state index contributed by atoms with van der Waals surface area (Å²) in [6.07, 6.45) is 3.53. The molecule has 4 rings (SSSR count). The minimum atomic E-state index is -0.931. The van der Waals surface area contributed by atoms with E-state index in [9.17, 15) is 19.5 Å². The van der Waals surface area contributed by atoms with Crippen molar-refractivity contribution in [3.63, 3.8) is 0 Å². The van der Waals surface area contributed by atoms with Crippen LogP contribution in [-0.2, 0) is 16.1 Å². The highest BCUT2D eigenvalue weighted by molar-refractivity contribution is 7.99. The van der Waals surface area contributed by atoms with E-state index in [1.165, 1.54) is 5.56 Å². The molecular weight excluding hydrogens is 538 g/mol. The molecule has 3 N–H and O–H groups in total. The van der Waals surface area contributed by atoms with Crippen molar-refractivity contribution in [3.8, 4) is 0 Å². The minimum absolute atomic E-state index is 0.0320. The molecule has 9 heteroatoms. The number of aliphatic hydroxyl groups is 1. The third-order valence-electron chi connectivity index (χ3n) is 8.72. The van der Waals surface area contributed by atoms with Crippen LogP contribution in [0.25, 0.3) is 0 Å². The van der Waals surface area contributed by atoms with Gasteiger partial charge in [-0.15, -0.1) is 0 Å². The molecule has 2 saturated heterocycles. The van der Waals surface area contributed by atoms with Gasteiger partial charge in [-0.3, -0.25) is 14.5 Å². The number of aromatic carboxylic acids is 1. The Balaban J connectivity index is 1.39. The van der Waals surface area contributed by atoms with Crippen LogP contribution in [0.5, 0.6) is 0 Å². The third-order valence-corrected chi connectivity index (χ3v) is 9.73. The van der Waals surface area contributed by atoms with Crippen molar-refractivity contribution in [2.45, 2.75) is 93.3 Å². The summed E-state index contributed by atoms with van der Waals surface area (Å²) in [6, 6.07) is 14.3. The maximum atomic E-state index is 13.7. The Hall–Kier alpha value is -2.88. The SMILES string of the molecule is CCCCN1C(=O)[C@@H]([C@H](O)C(CC)CC)NC(=O)C12CCN(Cc1ccc(Sc3ccc(C(=O)O)cc3)cc1)CC2. The summed E-state index contributed by atoms with van der Waals surface area (Å²) in [5.41, 5.74) is 0.589. The molecule has 0 saturated carbocycles. The van der Waals surface area contributed by atoms with Crippen molar-refractivity contribution in [1.29, 1.82) is 0 Å². The average Bonchev–Trinajstić information content (AvgIpc) is 2.98. The second-order valence-electron chi connectivity index (χ2n) is 11.2. The second kappa shape index (κ2) is 13.9. The van der Waals surface area contributed by atoms with Crippen molar-refractivity contribution in [3.05, 3.63) is 59.7 Å². The normalized spacial score (nSPS) is 19.9. The first-order chi connectivity index (χ1) is 19.7. The van der Waals surface area contributed by atoms with Gasteiger partial charge < -0.3 is 20.4 Å². The van der Waals surface area contributed by atoms with E-state index in [1.807, 2.05) is 26.0 Å². The summed E-state index contributed by atoms with van der Waals surface area (Å²) in [4.78, 5) is 44.6. The molecule has 41 heavy (non-hydrogen) atoms. The van der Waals surface area contributed by atoms with Gasteiger partial charge in [0.05, 0.1) is 11.7 Å². The molecule has 2 heterocycles. The molecule has 2 aliphatic rings. The van der Waals surface area contributed by atoms with Crippen molar-refractivity contribution in [1.82, 2.24) is 15.1 Å². The van der Waals surface area contributed by atoms with Crippen LogP contribution in [0.4, 0.5) is 0 Å². The van der Waals surface area contributed by atoms with Crippen LogP contribution >= 0.6 is 11.8 Å². The highest BCUT2D eigenvalue weighted by Gasteiger charge is 2.55. The Morgan fingerprint density at radius 1 is 1.00 bits per heavy atom. The Morgan fingerprint density at radius 3 is 2.12 bits per heavy atom. The Kier molecular flexibility index (Phi) is 10.5. The van der Waals surface area contributed by atoms with Crippen molar-refractivity contribution >= 4 is 29.5 Å². The van der Waals surface area contributed by atoms with Gasteiger partial charge in [-0.25, -0.2) is 4.79 Å². The molecule has 2 fully saturated rings. The molecule has 0 aromatic heterocycles. The number of nitrogens with one attached hydrogen (secondary N) is 1. The van der Waals surface area contributed by atoms with E-state index in [0.717, 1.165) is 42.0 Å². The molecule has 0 aliphatic carbocycles. The van der Waals surface area contributed by atoms with E-state index < -0.39 is 23.7 Å². The van der Waals surface area contributed by atoms with Gasteiger partial charge in [0.2, 0.25) is 11.8 Å². The first-order valence-electron chi connectivity index (χ1n) is 14.8. The molecule has 0 bridgehead atoms. The fraction of sp³-hybridized carbons (Fsp3) is 0.531. The molecule has 1 spiro atoms. The fourth-order valence-corrected chi connectivity index (χ4v) is 6.87. The van der Waals surface area contributed by atoms with Crippen LogP contribution in [-0.4, -0.2) is 75.1 Å². The van der Waals surface area contributed by atoms with Crippen LogP contribution in [0, 0.1) is 5.92 Å². The standard InChI is InChI=1S/C32H43N3O5S/c1-4-7-18-35-29(37)27(28(36)23(5-2)6-3)33-31(40)32(35)16-19-34(20-17-32)21-22-8-12-25(13-9-22)41-26-14-10-24(11-15-26)30(38)39/h8-15,23,27-28,36H,4-7,16-21H2,1-3H3,(H,33,40)(H,38,39)/t27-,28-/m1/s1.